The zero-order chi connectivity index (χ0) is 22.8. The number of hydrogen-bond donors (Lipinski definition) is 2. The van der Waals surface area contributed by atoms with Gasteiger partial charge in [0.1, 0.15) is 0 Å². The molecule has 0 aliphatic carbocycles. The summed E-state index contributed by atoms with van der Waals surface area (Å²) in [6.07, 6.45) is 4.76. The lowest BCUT2D eigenvalue weighted by Gasteiger charge is -2.19. The van der Waals surface area contributed by atoms with Crippen LogP contribution in [-0.4, -0.2) is 43.7 Å². The van der Waals surface area contributed by atoms with E-state index in [0.717, 1.165) is 37.3 Å². The van der Waals surface area contributed by atoms with Crippen LogP contribution < -0.4 is 20.1 Å². The Kier molecular flexibility index (Phi) is 9.10. The normalized spacial score (nSPS) is 14.6. The van der Waals surface area contributed by atoms with Crippen molar-refractivity contribution in [3.05, 3.63) is 48.0 Å². The van der Waals surface area contributed by atoms with Crippen LogP contribution in [0.4, 0.5) is 20.2 Å². The Bertz CT molecular complexity index is 854. The summed E-state index contributed by atoms with van der Waals surface area (Å²) in [6.45, 7) is 1.82. The molecule has 2 aromatic carbocycles. The molecule has 3 rings (SSSR count). The predicted molar refractivity (Wildman–Crippen MR) is 122 cm³/mol. The van der Waals surface area contributed by atoms with Crippen molar-refractivity contribution in [2.24, 2.45) is 0 Å². The monoisotopic (exact) mass is 447 g/mol. The van der Waals surface area contributed by atoms with Crippen LogP contribution in [0.1, 0.15) is 38.2 Å². The zero-order valence-electron chi connectivity index (χ0n) is 18.4. The molecule has 8 heteroatoms. The van der Waals surface area contributed by atoms with E-state index in [9.17, 15) is 13.6 Å². The number of halogens is 2. The highest BCUT2D eigenvalue weighted by atomic mass is 19.3. The van der Waals surface area contributed by atoms with Gasteiger partial charge >= 0.3 is 6.61 Å². The molecule has 174 valence electrons. The van der Waals surface area contributed by atoms with Gasteiger partial charge in [-0.15, -0.1) is 0 Å². The third-order valence-electron chi connectivity index (χ3n) is 5.28. The molecule has 0 spiro atoms. The first-order valence-corrected chi connectivity index (χ1v) is 11.1. The van der Waals surface area contributed by atoms with Crippen LogP contribution in [0.2, 0.25) is 0 Å². The van der Waals surface area contributed by atoms with Gasteiger partial charge in [0.05, 0.1) is 13.2 Å². The molecular formula is C24H31F2N3O3. The van der Waals surface area contributed by atoms with Crippen molar-refractivity contribution in [2.45, 2.75) is 45.8 Å². The van der Waals surface area contributed by atoms with Crippen LogP contribution in [0.3, 0.4) is 0 Å². The first-order chi connectivity index (χ1) is 15.5. The van der Waals surface area contributed by atoms with E-state index >= 15 is 0 Å². The second kappa shape index (κ2) is 12.2. The van der Waals surface area contributed by atoms with E-state index in [1.54, 1.807) is 25.1 Å². The summed E-state index contributed by atoms with van der Waals surface area (Å²) in [6, 6.07) is 12.4. The minimum atomic E-state index is -2.94. The maximum absolute atomic E-state index is 12.9. The number of hydrogen-bond acceptors (Lipinski definition) is 5. The van der Waals surface area contributed by atoms with Gasteiger partial charge in [-0.1, -0.05) is 25.0 Å². The van der Waals surface area contributed by atoms with Crippen LogP contribution in [0.5, 0.6) is 11.5 Å². The largest absolute Gasteiger partial charge is 0.490 e. The summed E-state index contributed by atoms with van der Waals surface area (Å²) in [4.78, 5) is 14.5. The van der Waals surface area contributed by atoms with Crippen molar-refractivity contribution < 1.29 is 23.0 Å². The van der Waals surface area contributed by atoms with Crippen LogP contribution in [0.15, 0.2) is 42.5 Å². The third-order valence-corrected chi connectivity index (χ3v) is 5.28. The molecule has 0 radical (unpaired) electrons. The van der Waals surface area contributed by atoms with Crippen molar-refractivity contribution >= 4 is 17.3 Å². The smallest absolute Gasteiger partial charge is 0.387 e. The molecule has 1 aliphatic rings. The van der Waals surface area contributed by atoms with E-state index in [4.69, 9.17) is 9.47 Å². The van der Waals surface area contributed by atoms with Crippen molar-refractivity contribution in [2.75, 3.05) is 36.9 Å². The standard InChI is InChI=1S/C24H31F2N3O3/c1-2-31-21-9-7-8-18(23(21)32-24(25)26)16-27-19-10-12-20(13-11-19)28-22(30)17-29-14-5-3-4-6-15-29/h7-13,24,27H,2-6,14-17H2,1H3,(H,28,30). The first kappa shape index (κ1) is 23.8. The fourth-order valence-electron chi connectivity index (χ4n) is 3.76. The van der Waals surface area contributed by atoms with E-state index in [1.807, 2.05) is 24.3 Å². The van der Waals surface area contributed by atoms with E-state index in [0.29, 0.717) is 18.7 Å². The molecule has 1 heterocycles. The van der Waals surface area contributed by atoms with Crippen LogP contribution in [0.25, 0.3) is 0 Å². The van der Waals surface area contributed by atoms with Gasteiger partial charge in [-0.05, 0) is 63.2 Å². The number of carbonyl (C=O) groups excluding carboxylic acids is 1. The quantitative estimate of drug-likeness (QED) is 0.530. The van der Waals surface area contributed by atoms with Crippen LogP contribution in [0, 0.1) is 0 Å². The molecule has 2 aromatic rings. The predicted octanol–water partition coefficient (Wildman–Crippen LogP) is 5.11. The molecule has 0 atom stereocenters. The maximum Gasteiger partial charge on any atom is 0.387 e. The molecule has 0 aromatic heterocycles. The SMILES string of the molecule is CCOc1cccc(CNc2ccc(NC(=O)CN3CCCCCC3)cc2)c1OC(F)F. The molecule has 1 aliphatic heterocycles. The second-order valence-corrected chi connectivity index (χ2v) is 7.73. The van der Waals surface area contributed by atoms with E-state index in [-0.39, 0.29) is 24.0 Å². The van der Waals surface area contributed by atoms with Gasteiger partial charge in [-0.25, -0.2) is 0 Å². The summed E-state index contributed by atoms with van der Waals surface area (Å²) < 4.78 is 35.8. The number of para-hydroxylation sites is 1. The number of alkyl halides is 2. The van der Waals surface area contributed by atoms with E-state index in [1.165, 1.54) is 12.8 Å². The fraction of sp³-hybridized carbons (Fsp3) is 0.458. The molecule has 1 saturated heterocycles. The molecule has 0 saturated carbocycles. The minimum Gasteiger partial charge on any atom is -0.490 e. The number of ether oxygens (including phenoxy) is 2. The lowest BCUT2D eigenvalue weighted by atomic mass is 10.1. The number of benzene rings is 2. The third kappa shape index (κ3) is 7.37. The number of nitrogens with one attached hydrogen (secondary N) is 2. The van der Waals surface area contributed by atoms with E-state index in [2.05, 4.69) is 15.5 Å². The van der Waals surface area contributed by atoms with Gasteiger partial charge < -0.3 is 20.1 Å². The molecule has 2 N–H and O–H groups in total. The molecule has 32 heavy (non-hydrogen) atoms. The molecule has 1 amide bonds. The molecule has 0 unspecified atom stereocenters. The summed E-state index contributed by atoms with van der Waals surface area (Å²) in [5, 5.41) is 6.13. The first-order valence-electron chi connectivity index (χ1n) is 11.1. The highest BCUT2D eigenvalue weighted by Gasteiger charge is 2.16. The average Bonchev–Trinajstić information content (AvgIpc) is 3.03. The summed E-state index contributed by atoms with van der Waals surface area (Å²) in [5.41, 5.74) is 2.07. The van der Waals surface area contributed by atoms with Crippen molar-refractivity contribution in [3.8, 4) is 11.5 Å². The van der Waals surface area contributed by atoms with Gasteiger partial charge in [-0.2, -0.15) is 8.78 Å². The summed E-state index contributed by atoms with van der Waals surface area (Å²) >= 11 is 0. The van der Waals surface area contributed by atoms with Gasteiger partial charge in [-0.3, -0.25) is 9.69 Å². The van der Waals surface area contributed by atoms with Crippen LogP contribution >= 0.6 is 0 Å². The maximum atomic E-state index is 12.9. The second-order valence-electron chi connectivity index (χ2n) is 7.73. The Hall–Kier alpha value is -2.87. The van der Waals surface area contributed by atoms with Crippen LogP contribution in [-0.2, 0) is 11.3 Å². The lowest BCUT2D eigenvalue weighted by Crippen LogP contribution is -2.33. The Morgan fingerprint density at radius 2 is 1.72 bits per heavy atom. The number of rotatable bonds is 10. The topological polar surface area (TPSA) is 62.8 Å². The Morgan fingerprint density at radius 1 is 1.03 bits per heavy atom. The molecule has 1 fully saturated rings. The number of anilines is 2. The molecule has 6 nitrogen and oxygen atoms in total. The van der Waals surface area contributed by atoms with Crippen molar-refractivity contribution in [1.82, 2.24) is 4.90 Å². The van der Waals surface area contributed by atoms with Gasteiger partial charge in [0.15, 0.2) is 11.5 Å². The van der Waals surface area contributed by atoms with Gasteiger partial charge in [0.25, 0.3) is 0 Å². The van der Waals surface area contributed by atoms with Gasteiger partial charge in [0, 0.05) is 23.5 Å². The zero-order valence-corrected chi connectivity index (χ0v) is 18.4. The fourth-order valence-corrected chi connectivity index (χ4v) is 3.76. The summed E-state index contributed by atoms with van der Waals surface area (Å²) in [7, 11) is 0. The van der Waals surface area contributed by atoms with Crippen molar-refractivity contribution in [1.29, 1.82) is 0 Å². The van der Waals surface area contributed by atoms with Gasteiger partial charge in [0.2, 0.25) is 5.91 Å². The molecular weight excluding hydrogens is 416 g/mol. The Labute approximate surface area is 187 Å². The highest BCUT2D eigenvalue weighted by Crippen LogP contribution is 2.33. The van der Waals surface area contributed by atoms with E-state index < -0.39 is 6.61 Å². The minimum absolute atomic E-state index is 0.0193. The Balaban J connectivity index is 1.55. The average molecular weight is 448 g/mol. The number of carbonyl (C=O) groups is 1. The van der Waals surface area contributed by atoms with Crippen molar-refractivity contribution in [3.63, 3.8) is 0 Å². The number of amides is 1. The highest BCUT2D eigenvalue weighted by molar-refractivity contribution is 5.92. The molecule has 0 bridgehead atoms. The number of nitrogens with zero attached hydrogens (tertiary/aromatic N) is 1. The Morgan fingerprint density at radius 3 is 2.38 bits per heavy atom. The number of likely N-dealkylation sites (tertiary alicyclic amines) is 1. The lowest BCUT2D eigenvalue weighted by molar-refractivity contribution is -0.117. The summed E-state index contributed by atoms with van der Waals surface area (Å²) in [5.74, 6) is 0.304.